The molecule has 2 atom stereocenters. The van der Waals surface area contributed by atoms with Crippen molar-refractivity contribution in [1.29, 1.82) is 0 Å². The molecular formula is C30H52N2O. The van der Waals surface area contributed by atoms with Gasteiger partial charge in [0.2, 0.25) is 0 Å². The van der Waals surface area contributed by atoms with Crippen molar-refractivity contribution in [1.82, 2.24) is 10.2 Å². The monoisotopic (exact) mass is 456 g/mol. The minimum atomic E-state index is 0.302. The van der Waals surface area contributed by atoms with Gasteiger partial charge in [-0.05, 0) is 75.4 Å². The van der Waals surface area contributed by atoms with Crippen molar-refractivity contribution < 1.29 is 5.11 Å². The van der Waals surface area contributed by atoms with E-state index in [0.29, 0.717) is 18.1 Å². The smallest absolute Gasteiger partial charge is 0.0558 e. The molecule has 33 heavy (non-hydrogen) atoms. The Bertz CT molecular complexity index is 653. The molecule has 0 unspecified atom stereocenters. The number of likely N-dealkylation sites (tertiary alicyclic amines) is 1. The van der Waals surface area contributed by atoms with Crippen LogP contribution in [0.3, 0.4) is 0 Å². The second kappa shape index (κ2) is 16.2. The lowest BCUT2D eigenvalue weighted by molar-refractivity contribution is 0.00146. The molecule has 1 aliphatic heterocycles. The van der Waals surface area contributed by atoms with Gasteiger partial charge in [0.05, 0.1) is 6.61 Å². The normalized spacial score (nSPS) is 23.5. The number of hydrogen-bond acceptors (Lipinski definition) is 3. The second-order valence-corrected chi connectivity index (χ2v) is 9.18. The number of β-amino-alcohol motifs (C(OH)–C–C–N with tert-alkyl or cyclic N) is 1. The standard InChI is InChI=1S/C23H34N2O.C3H6.2C2H6/c1-2-19(14-18-6-4-3-5-7-18)21-15-22(21)24-20-16-23(17-20)8-10-25(11-9-23)12-13-26;1-3-2;2*1-2/h3-7,14,20-22,24,26H,2,8-13,15-17H2,1H3;3H,1H2,2H3;2*1-2H3/b19-14+;;;/t21-,22+;;;/m0.../s1. The fourth-order valence-electron chi connectivity index (χ4n) is 5.23. The molecule has 1 aromatic rings. The first-order chi connectivity index (χ1) is 16.1. The van der Waals surface area contributed by atoms with E-state index in [9.17, 15) is 0 Å². The highest BCUT2D eigenvalue weighted by atomic mass is 16.3. The van der Waals surface area contributed by atoms with Gasteiger partial charge in [-0.3, -0.25) is 0 Å². The zero-order chi connectivity index (χ0) is 24.7. The number of nitrogens with zero attached hydrogens (tertiary/aromatic N) is 1. The van der Waals surface area contributed by atoms with Crippen LogP contribution in [-0.4, -0.2) is 48.3 Å². The Labute approximate surface area is 205 Å². The second-order valence-electron chi connectivity index (χ2n) is 9.18. The summed E-state index contributed by atoms with van der Waals surface area (Å²) in [6, 6.07) is 12.2. The van der Waals surface area contributed by atoms with Crippen LogP contribution < -0.4 is 5.32 Å². The fourth-order valence-corrected chi connectivity index (χ4v) is 5.23. The molecule has 2 saturated carbocycles. The van der Waals surface area contributed by atoms with Crippen molar-refractivity contribution >= 4 is 6.08 Å². The first-order valence-electron chi connectivity index (χ1n) is 13.5. The lowest BCUT2D eigenvalue weighted by Crippen LogP contribution is -2.54. The quantitative estimate of drug-likeness (QED) is 0.436. The summed E-state index contributed by atoms with van der Waals surface area (Å²) in [7, 11) is 0. The third kappa shape index (κ3) is 9.39. The average Bonchev–Trinajstić information content (AvgIpc) is 3.61. The number of benzene rings is 1. The van der Waals surface area contributed by atoms with E-state index in [1.165, 1.54) is 50.8 Å². The van der Waals surface area contributed by atoms with Crippen molar-refractivity contribution in [3.05, 3.63) is 54.1 Å². The number of aliphatic hydroxyl groups is 1. The molecule has 1 aromatic carbocycles. The highest BCUT2D eigenvalue weighted by molar-refractivity contribution is 5.54. The summed E-state index contributed by atoms with van der Waals surface area (Å²) in [6.45, 7) is 19.1. The molecule has 188 valence electrons. The molecular weight excluding hydrogens is 404 g/mol. The van der Waals surface area contributed by atoms with Crippen LogP contribution in [0.5, 0.6) is 0 Å². The van der Waals surface area contributed by atoms with E-state index in [1.807, 2.05) is 34.6 Å². The van der Waals surface area contributed by atoms with Crippen molar-refractivity contribution in [2.75, 3.05) is 26.2 Å². The van der Waals surface area contributed by atoms with Crippen LogP contribution in [0.15, 0.2) is 48.6 Å². The van der Waals surface area contributed by atoms with E-state index >= 15 is 0 Å². The van der Waals surface area contributed by atoms with Crippen LogP contribution in [0.1, 0.15) is 85.6 Å². The molecule has 2 aliphatic carbocycles. The summed E-state index contributed by atoms with van der Waals surface area (Å²) in [6.07, 6.45) is 12.0. The van der Waals surface area contributed by atoms with E-state index < -0.39 is 0 Å². The summed E-state index contributed by atoms with van der Waals surface area (Å²) in [5, 5.41) is 13.0. The van der Waals surface area contributed by atoms with Gasteiger partial charge in [0, 0.05) is 18.6 Å². The number of piperidine rings is 1. The van der Waals surface area contributed by atoms with E-state index in [0.717, 1.165) is 24.9 Å². The maximum Gasteiger partial charge on any atom is 0.0558 e. The minimum absolute atomic E-state index is 0.302. The summed E-state index contributed by atoms with van der Waals surface area (Å²) < 4.78 is 0. The van der Waals surface area contributed by atoms with Crippen LogP contribution in [0.2, 0.25) is 0 Å². The molecule has 0 aromatic heterocycles. The zero-order valence-corrected chi connectivity index (χ0v) is 22.4. The molecule has 1 saturated heterocycles. The molecule has 3 nitrogen and oxygen atoms in total. The first-order valence-corrected chi connectivity index (χ1v) is 13.5. The minimum Gasteiger partial charge on any atom is -0.395 e. The molecule has 3 aliphatic rings. The molecule has 0 amide bonds. The lowest BCUT2D eigenvalue weighted by Gasteiger charge is -2.52. The number of hydrogen-bond donors (Lipinski definition) is 2. The third-order valence-electron chi connectivity index (χ3n) is 6.97. The Hall–Kier alpha value is -1.42. The molecule has 2 N–H and O–H groups in total. The summed E-state index contributed by atoms with van der Waals surface area (Å²) in [4.78, 5) is 2.42. The predicted octanol–water partition coefficient (Wildman–Crippen LogP) is 6.94. The van der Waals surface area contributed by atoms with Gasteiger partial charge in [-0.1, -0.05) is 82.7 Å². The largest absolute Gasteiger partial charge is 0.395 e. The first kappa shape index (κ1) is 29.6. The maximum atomic E-state index is 9.09. The van der Waals surface area contributed by atoms with E-state index in [2.05, 4.69) is 60.1 Å². The fraction of sp³-hybridized carbons (Fsp3) is 0.667. The molecule has 4 rings (SSSR count). The van der Waals surface area contributed by atoms with Gasteiger partial charge >= 0.3 is 0 Å². The molecule has 1 spiro atoms. The van der Waals surface area contributed by atoms with E-state index in [-0.39, 0.29) is 0 Å². The molecule has 1 heterocycles. The van der Waals surface area contributed by atoms with Crippen LogP contribution >= 0.6 is 0 Å². The number of nitrogens with one attached hydrogen (secondary N) is 1. The third-order valence-corrected chi connectivity index (χ3v) is 6.97. The number of rotatable bonds is 7. The Morgan fingerprint density at radius 1 is 1.12 bits per heavy atom. The number of allylic oxidation sites excluding steroid dienone is 1. The van der Waals surface area contributed by atoms with Crippen LogP contribution in [0.4, 0.5) is 0 Å². The van der Waals surface area contributed by atoms with Crippen LogP contribution in [-0.2, 0) is 0 Å². The Morgan fingerprint density at radius 2 is 1.70 bits per heavy atom. The average molecular weight is 457 g/mol. The van der Waals surface area contributed by atoms with Gasteiger partial charge in [-0.15, -0.1) is 6.58 Å². The van der Waals surface area contributed by atoms with E-state index in [1.54, 1.807) is 11.6 Å². The topological polar surface area (TPSA) is 35.5 Å². The molecule has 0 radical (unpaired) electrons. The number of aliphatic hydroxyl groups excluding tert-OH is 1. The van der Waals surface area contributed by atoms with Gasteiger partial charge in [0.1, 0.15) is 0 Å². The van der Waals surface area contributed by atoms with Crippen molar-refractivity contribution in [2.45, 2.75) is 92.2 Å². The SMILES string of the molecule is C=CC.CC.CC.CC/C(=C\c1ccccc1)[C@@H]1C[C@H]1NC1CC2(CCN(CCO)CC2)C1. The van der Waals surface area contributed by atoms with Crippen molar-refractivity contribution in [3.8, 4) is 0 Å². The Morgan fingerprint density at radius 3 is 2.21 bits per heavy atom. The Balaban J connectivity index is 0.000000705. The van der Waals surface area contributed by atoms with Crippen molar-refractivity contribution in [3.63, 3.8) is 0 Å². The molecule has 0 bridgehead atoms. The molecule has 3 heteroatoms. The predicted molar refractivity (Wildman–Crippen MR) is 147 cm³/mol. The van der Waals surface area contributed by atoms with Crippen LogP contribution in [0.25, 0.3) is 6.08 Å². The highest BCUT2D eigenvalue weighted by Crippen LogP contribution is 2.50. The van der Waals surface area contributed by atoms with E-state index in [4.69, 9.17) is 5.11 Å². The van der Waals surface area contributed by atoms with Gasteiger partial charge in [0.15, 0.2) is 0 Å². The lowest BCUT2D eigenvalue weighted by atomic mass is 9.60. The van der Waals surface area contributed by atoms with Gasteiger partial charge in [-0.25, -0.2) is 0 Å². The summed E-state index contributed by atoms with van der Waals surface area (Å²) >= 11 is 0. The van der Waals surface area contributed by atoms with Gasteiger partial charge in [0.25, 0.3) is 0 Å². The highest BCUT2D eigenvalue weighted by Gasteiger charge is 2.49. The Kier molecular flexibility index (Phi) is 14.6. The van der Waals surface area contributed by atoms with Gasteiger partial charge < -0.3 is 15.3 Å². The molecule has 3 fully saturated rings. The van der Waals surface area contributed by atoms with Gasteiger partial charge in [-0.2, -0.15) is 0 Å². The summed E-state index contributed by atoms with van der Waals surface area (Å²) in [5.74, 6) is 0.753. The zero-order valence-electron chi connectivity index (χ0n) is 22.4. The maximum absolute atomic E-state index is 9.09. The van der Waals surface area contributed by atoms with Crippen LogP contribution in [0, 0.1) is 11.3 Å². The summed E-state index contributed by atoms with van der Waals surface area (Å²) in [5.41, 5.74) is 3.56. The van der Waals surface area contributed by atoms with Crippen molar-refractivity contribution in [2.24, 2.45) is 11.3 Å².